The van der Waals surface area contributed by atoms with E-state index in [1.807, 2.05) is 30.3 Å². The van der Waals surface area contributed by atoms with E-state index in [2.05, 4.69) is 17.4 Å². The Bertz CT molecular complexity index is 429. The van der Waals surface area contributed by atoms with Crippen LogP contribution in [0.1, 0.15) is 31.7 Å². The van der Waals surface area contributed by atoms with E-state index in [0.29, 0.717) is 12.3 Å². The van der Waals surface area contributed by atoms with Crippen molar-refractivity contribution in [3.05, 3.63) is 35.9 Å². The predicted octanol–water partition coefficient (Wildman–Crippen LogP) is 2.25. The zero-order valence-corrected chi connectivity index (χ0v) is 10.6. The Hall–Kier alpha value is -1.84. The lowest BCUT2D eigenvalue weighted by Gasteiger charge is -2.21. The van der Waals surface area contributed by atoms with E-state index in [1.165, 1.54) is 0 Å². The molecule has 4 heteroatoms. The summed E-state index contributed by atoms with van der Waals surface area (Å²) in [5.41, 5.74) is 1.07. The molecular formula is C14H18N2O2. The summed E-state index contributed by atoms with van der Waals surface area (Å²) in [6, 6.07) is 9.81. The molecule has 0 fully saturated rings. The number of unbranched alkanes of at least 4 members (excludes halogenated alkanes) is 1. The van der Waals surface area contributed by atoms with E-state index in [4.69, 9.17) is 4.84 Å². The summed E-state index contributed by atoms with van der Waals surface area (Å²) >= 11 is 0. The molecule has 0 saturated heterocycles. The standard InChI is InChI=1S/C14H18N2O2/c1-2-3-9-13-15-14(17)12(18-16-13)10-11-7-5-4-6-8-11/h4-8,12H,2-3,9-10H2,1H3,(H,15,16,17). The summed E-state index contributed by atoms with van der Waals surface area (Å²) in [5, 5.41) is 6.79. The maximum Gasteiger partial charge on any atom is 0.269 e. The number of hydrogen-bond donors (Lipinski definition) is 1. The highest BCUT2D eigenvalue weighted by molar-refractivity contribution is 6.01. The molecule has 1 atom stereocenters. The van der Waals surface area contributed by atoms with Crippen LogP contribution in [0.15, 0.2) is 35.5 Å². The van der Waals surface area contributed by atoms with Crippen molar-refractivity contribution in [2.75, 3.05) is 0 Å². The number of amides is 1. The number of hydrogen-bond acceptors (Lipinski definition) is 3. The van der Waals surface area contributed by atoms with Gasteiger partial charge in [0, 0.05) is 12.8 Å². The van der Waals surface area contributed by atoms with E-state index in [1.54, 1.807) is 0 Å². The summed E-state index contributed by atoms with van der Waals surface area (Å²) in [6.07, 6.45) is 2.88. The first-order valence-corrected chi connectivity index (χ1v) is 6.37. The number of carbonyl (C=O) groups is 1. The predicted molar refractivity (Wildman–Crippen MR) is 70.1 cm³/mol. The van der Waals surface area contributed by atoms with Gasteiger partial charge in [0.05, 0.1) is 0 Å². The average molecular weight is 246 g/mol. The summed E-state index contributed by atoms with van der Waals surface area (Å²) in [4.78, 5) is 17.1. The van der Waals surface area contributed by atoms with Crippen molar-refractivity contribution in [3.63, 3.8) is 0 Å². The number of nitrogens with one attached hydrogen (secondary N) is 1. The third-order valence-electron chi connectivity index (χ3n) is 2.88. The van der Waals surface area contributed by atoms with E-state index < -0.39 is 6.10 Å². The van der Waals surface area contributed by atoms with Gasteiger partial charge >= 0.3 is 0 Å². The molecule has 0 spiro atoms. The van der Waals surface area contributed by atoms with Crippen LogP contribution in [0.2, 0.25) is 0 Å². The molecular weight excluding hydrogens is 228 g/mol. The van der Waals surface area contributed by atoms with Gasteiger partial charge in [0.25, 0.3) is 5.91 Å². The smallest absolute Gasteiger partial charge is 0.269 e. The van der Waals surface area contributed by atoms with Crippen molar-refractivity contribution in [1.29, 1.82) is 0 Å². The van der Waals surface area contributed by atoms with Crippen LogP contribution in [0.3, 0.4) is 0 Å². The maximum atomic E-state index is 11.9. The average Bonchev–Trinajstić information content (AvgIpc) is 2.40. The fourth-order valence-corrected chi connectivity index (χ4v) is 1.83. The van der Waals surface area contributed by atoms with Gasteiger partial charge in [-0.3, -0.25) is 4.79 Å². The van der Waals surface area contributed by atoms with Crippen LogP contribution in [0.5, 0.6) is 0 Å². The van der Waals surface area contributed by atoms with Gasteiger partial charge in [-0.15, -0.1) is 0 Å². The molecule has 4 nitrogen and oxygen atoms in total. The second kappa shape index (κ2) is 6.19. The van der Waals surface area contributed by atoms with Gasteiger partial charge < -0.3 is 10.2 Å². The van der Waals surface area contributed by atoms with Crippen molar-refractivity contribution >= 4 is 11.7 Å². The quantitative estimate of drug-likeness (QED) is 0.866. The SMILES string of the molecule is CCCCC1=NOC(Cc2ccccc2)C(=O)N1. The fourth-order valence-electron chi connectivity index (χ4n) is 1.83. The molecule has 1 aromatic rings. The molecule has 2 rings (SSSR count). The van der Waals surface area contributed by atoms with Crippen molar-refractivity contribution in [2.24, 2.45) is 5.16 Å². The van der Waals surface area contributed by atoms with Gasteiger partial charge in [-0.2, -0.15) is 0 Å². The van der Waals surface area contributed by atoms with Crippen molar-refractivity contribution < 1.29 is 9.63 Å². The Balaban J connectivity index is 1.93. The topological polar surface area (TPSA) is 50.7 Å². The maximum absolute atomic E-state index is 11.9. The molecule has 18 heavy (non-hydrogen) atoms. The lowest BCUT2D eigenvalue weighted by atomic mass is 10.1. The van der Waals surface area contributed by atoms with E-state index in [9.17, 15) is 4.79 Å². The second-order valence-corrected chi connectivity index (χ2v) is 4.41. The minimum absolute atomic E-state index is 0.0973. The van der Waals surface area contributed by atoms with Gasteiger partial charge in [0.15, 0.2) is 0 Å². The van der Waals surface area contributed by atoms with Crippen LogP contribution in [-0.2, 0) is 16.1 Å². The lowest BCUT2D eigenvalue weighted by Crippen LogP contribution is -2.44. The summed E-state index contributed by atoms with van der Waals surface area (Å²) in [7, 11) is 0. The Morgan fingerprint density at radius 3 is 2.78 bits per heavy atom. The van der Waals surface area contributed by atoms with E-state index in [0.717, 1.165) is 24.8 Å². The number of nitrogens with zero attached hydrogens (tertiary/aromatic N) is 1. The zero-order valence-electron chi connectivity index (χ0n) is 10.6. The third kappa shape index (κ3) is 3.32. The van der Waals surface area contributed by atoms with Gasteiger partial charge in [-0.05, 0) is 12.0 Å². The minimum atomic E-state index is -0.516. The normalized spacial score (nSPS) is 18.8. The van der Waals surface area contributed by atoms with Crippen LogP contribution < -0.4 is 5.32 Å². The fraction of sp³-hybridized carbons (Fsp3) is 0.429. The molecule has 1 aromatic carbocycles. The molecule has 1 N–H and O–H groups in total. The first kappa shape index (κ1) is 12.6. The summed E-state index contributed by atoms with van der Waals surface area (Å²) < 4.78 is 0. The number of amidine groups is 1. The monoisotopic (exact) mass is 246 g/mol. The zero-order chi connectivity index (χ0) is 12.8. The lowest BCUT2D eigenvalue weighted by molar-refractivity contribution is -0.133. The minimum Gasteiger partial charge on any atom is -0.381 e. The molecule has 0 radical (unpaired) electrons. The first-order chi connectivity index (χ1) is 8.79. The number of carbonyl (C=O) groups excluding carboxylic acids is 1. The van der Waals surface area contributed by atoms with Crippen molar-refractivity contribution in [3.8, 4) is 0 Å². The highest BCUT2D eigenvalue weighted by atomic mass is 16.6. The highest BCUT2D eigenvalue weighted by Crippen LogP contribution is 2.10. The van der Waals surface area contributed by atoms with Gasteiger partial charge in [-0.1, -0.05) is 48.8 Å². The highest BCUT2D eigenvalue weighted by Gasteiger charge is 2.26. The molecule has 96 valence electrons. The Morgan fingerprint density at radius 2 is 2.11 bits per heavy atom. The van der Waals surface area contributed by atoms with Gasteiger partial charge in [0.2, 0.25) is 6.10 Å². The van der Waals surface area contributed by atoms with Gasteiger partial charge in [0.1, 0.15) is 5.84 Å². The van der Waals surface area contributed by atoms with Crippen LogP contribution in [0, 0.1) is 0 Å². The van der Waals surface area contributed by atoms with Crippen molar-refractivity contribution in [2.45, 2.75) is 38.7 Å². The number of rotatable bonds is 5. The molecule has 1 aliphatic heterocycles. The van der Waals surface area contributed by atoms with Crippen LogP contribution >= 0.6 is 0 Å². The Labute approximate surface area is 107 Å². The molecule has 1 heterocycles. The third-order valence-corrected chi connectivity index (χ3v) is 2.88. The molecule has 0 saturated carbocycles. The van der Waals surface area contributed by atoms with Crippen LogP contribution in [0.4, 0.5) is 0 Å². The number of benzene rings is 1. The van der Waals surface area contributed by atoms with E-state index >= 15 is 0 Å². The van der Waals surface area contributed by atoms with Crippen LogP contribution in [-0.4, -0.2) is 17.8 Å². The number of oxime groups is 1. The molecule has 1 unspecified atom stereocenters. The van der Waals surface area contributed by atoms with Gasteiger partial charge in [-0.25, -0.2) is 0 Å². The van der Waals surface area contributed by atoms with Crippen molar-refractivity contribution in [1.82, 2.24) is 5.32 Å². The summed E-state index contributed by atoms with van der Waals surface area (Å²) in [5.74, 6) is 0.547. The van der Waals surface area contributed by atoms with Crippen LogP contribution in [0.25, 0.3) is 0 Å². The summed E-state index contributed by atoms with van der Waals surface area (Å²) in [6.45, 7) is 2.10. The molecule has 0 aromatic heterocycles. The Kier molecular flexibility index (Phi) is 4.34. The molecule has 1 aliphatic rings. The molecule has 1 amide bonds. The molecule has 0 aliphatic carbocycles. The largest absolute Gasteiger partial charge is 0.381 e. The second-order valence-electron chi connectivity index (χ2n) is 4.41. The van der Waals surface area contributed by atoms with E-state index in [-0.39, 0.29) is 5.91 Å². The molecule has 0 bridgehead atoms. The first-order valence-electron chi connectivity index (χ1n) is 6.37. The Morgan fingerprint density at radius 1 is 1.33 bits per heavy atom.